The van der Waals surface area contributed by atoms with E-state index >= 15 is 0 Å². The van der Waals surface area contributed by atoms with Crippen LogP contribution in [0.15, 0.2) is 36.4 Å². The predicted octanol–water partition coefficient (Wildman–Crippen LogP) is 5.24. The summed E-state index contributed by atoms with van der Waals surface area (Å²) in [5.41, 5.74) is 6.60. The first-order valence-corrected chi connectivity index (χ1v) is 11.6. The fourth-order valence-corrected chi connectivity index (χ4v) is 3.56. The second-order valence-electron chi connectivity index (χ2n) is 8.22. The van der Waals surface area contributed by atoms with Crippen LogP contribution >= 0.6 is 0 Å². The number of nitrogens with two attached hydrogens (primary N) is 1. The molecule has 0 amide bonds. The summed E-state index contributed by atoms with van der Waals surface area (Å²) in [6, 6.07) is 6.09. The summed E-state index contributed by atoms with van der Waals surface area (Å²) in [5.74, 6) is 0.139. The maximum atomic E-state index is 10.2. The summed E-state index contributed by atoms with van der Waals surface area (Å²) >= 11 is 0. The number of benzene rings is 1. The van der Waals surface area contributed by atoms with Gasteiger partial charge in [-0.15, -0.1) is 0 Å². The Bertz CT molecular complexity index is 547. The number of phenolic OH excluding ortho intramolecular Hbond substituents is 1. The predicted molar refractivity (Wildman–Crippen MR) is 122 cm³/mol. The number of hydrogen-bond acceptors (Lipinski definition) is 4. The first-order valence-electron chi connectivity index (χ1n) is 11.6. The normalized spacial score (nSPS) is 14.9. The van der Waals surface area contributed by atoms with Crippen LogP contribution in [-0.2, 0) is 6.42 Å². The van der Waals surface area contributed by atoms with Crippen molar-refractivity contribution in [2.75, 3.05) is 0 Å². The maximum Gasteiger partial charge on any atom is 0.118 e. The number of aliphatic hydroxyl groups is 2. The third-order valence-electron chi connectivity index (χ3n) is 5.57. The maximum absolute atomic E-state index is 10.2. The van der Waals surface area contributed by atoms with Crippen LogP contribution in [0.4, 0.5) is 0 Å². The topological polar surface area (TPSA) is 86.7 Å². The van der Waals surface area contributed by atoms with Crippen molar-refractivity contribution in [1.29, 1.82) is 0 Å². The van der Waals surface area contributed by atoms with E-state index in [1.54, 1.807) is 30.3 Å². The van der Waals surface area contributed by atoms with Gasteiger partial charge in [0, 0.05) is 6.42 Å². The van der Waals surface area contributed by atoms with E-state index in [0.29, 0.717) is 5.56 Å². The molecule has 0 aliphatic carbocycles. The van der Waals surface area contributed by atoms with Crippen LogP contribution in [0.2, 0.25) is 0 Å². The first kappa shape index (κ1) is 25.7. The van der Waals surface area contributed by atoms with Crippen molar-refractivity contribution >= 4 is 0 Å². The molecule has 0 aromatic heterocycles. The second kappa shape index (κ2) is 16.4. The molecule has 0 heterocycles. The third-order valence-corrected chi connectivity index (χ3v) is 5.57. The van der Waals surface area contributed by atoms with Crippen LogP contribution in [0.5, 0.6) is 5.75 Å². The van der Waals surface area contributed by atoms with Gasteiger partial charge in [0.2, 0.25) is 0 Å². The van der Waals surface area contributed by atoms with E-state index in [2.05, 4.69) is 6.92 Å². The van der Waals surface area contributed by atoms with Gasteiger partial charge in [0.25, 0.3) is 0 Å². The molecule has 0 saturated heterocycles. The summed E-state index contributed by atoms with van der Waals surface area (Å²) < 4.78 is 0. The zero-order valence-corrected chi connectivity index (χ0v) is 18.3. The van der Waals surface area contributed by atoms with Crippen molar-refractivity contribution in [3.05, 3.63) is 42.0 Å². The van der Waals surface area contributed by atoms with Crippen molar-refractivity contribution in [3.63, 3.8) is 0 Å². The Hall–Kier alpha value is -1.36. The quantitative estimate of drug-likeness (QED) is 0.211. The van der Waals surface area contributed by atoms with Crippen LogP contribution in [0.3, 0.4) is 0 Å². The molecule has 0 spiro atoms. The Labute approximate surface area is 177 Å². The van der Waals surface area contributed by atoms with Crippen molar-refractivity contribution in [3.8, 4) is 5.75 Å². The summed E-state index contributed by atoms with van der Waals surface area (Å²) in [6.45, 7) is 2.26. The minimum atomic E-state index is -0.912. The molecule has 1 rings (SSSR count). The number of allylic oxidation sites excluding steroid dienone is 1. The van der Waals surface area contributed by atoms with Gasteiger partial charge in [-0.2, -0.15) is 0 Å². The Morgan fingerprint density at radius 1 is 0.862 bits per heavy atom. The van der Waals surface area contributed by atoms with Gasteiger partial charge in [-0.3, -0.25) is 0 Å². The van der Waals surface area contributed by atoms with Crippen molar-refractivity contribution in [1.82, 2.24) is 0 Å². The van der Waals surface area contributed by atoms with Gasteiger partial charge in [0.15, 0.2) is 0 Å². The molecule has 1 unspecified atom stereocenters. The van der Waals surface area contributed by atoms with Gasteiger partial charge in [0.1, 0.15) is 5.75 Å². The molecule has 166 valence electrons. The molecule has 4 heteroatoms. The van der Waals surface area contributed by atoms with Gasteiger partial charge in [-0.05, 0) is 24.5 Å². The van der Waals surface area contributed by atoms with Crippen molar-refractivity contribution in [2.24, 2.45) is 5.73 Å². The van der Waals surface area contributed by atoms with E-state index in [0.717, 1.165) is 12.8 Å². The van der Waals surface area contributed by atoms with Gasteiger partial charge in [0.05, 0.1) is 18.2 Å². The fourth-order valence-electron chi connectivity index (χ4n) is 3.56. The van der Waals surface area contributed by atoms with E-state index in [9.17, 15) is 15.3 Å². The average Bonchev–Trinajstić information content (AvgIpc) is 2.72. The average molecular weight is 406 g/mol. The summed E-state index contributed by atoms with van der Waals surface area (Å²) in [6.07, 6.45) is 17.5. The van der Waals surface area contributed by atoms with Crippen molar-refractivity contribution in [2.45, 2.75) is 109 Å². The van der Waals surface area contributed by atoms with Crippen LogP contribution in [-0.4, -0.2) is 33.6 Å². The fraction of sp³-hybridized carbons (Fsp3) is 0.680. The number of para-hydroxylation sites is 1. The Kier molecular flexibility index (Phi) is 14.6. The molecule has 4 nitrogen and oxygen atoms in total. The molecule has 0 bridgehead atoms. The standard InChI is InChI=1S/C25H43NO3/c1-2-3-4-5-6-7-8-9-10-11-12-13-14-19-23(28)25(26)24(29)20-21-17-15-16-18-22(21)27/h14-19,23-25,27-29H,2-13,20,26H2,1H3/b19-14+/t23-,24?,25-/m1/s1. The molecular weight excluding hydrogens is 362 g/mol. The van der Waals surface area contributed by atoms with E-state index in [4.69, 9.17) is 5.73 Å². The monoisotopic (exact) mass is 405 g/mol. The largest absolute Gasteiger partial charge is 0.508 e. The summed E-state index contributed by atoms with van der Waals surface area (Å²) in [7, 11) is 0. The molecule has 1 aromatic rings. The summed E-state index contributed by atoms with van der Waals surface area (Å²) in [5, 5.41) is 30.2. The Balaban J connectivity index is 2.07. The van der Waals surface area contributed by atoms with Gasteiger partial charge in [-0.25, -0.2) is 0 Å². The molecule has 0 fully saturated rings. The zero-order valence-electron chi connectivity index (χ0n) is 18.3. The Morgan fingerprint density at radius 3 is 2.00 bits per heavy atom. The molecule has 0 aliphatic heterocycles. The summed E-state index contributed by atoms with van der Waals surface area (Å²) in [4.78, 5) is 0. The molecule has 0 radical (unpaired) electrons. The lowest BCUT2D eigenvalue weighted by atomic mass is 9.97. The third kappa shape index (κ3) is 12.0. The first-order chi connectivity index (χ1) is 14.1. The van der Waals surface area contributed by atoms with E-state index in [-0.39, 0.29) is 12.2 Å². The minimum absolute atomic E-state index is 0.139. The number of phenols is 1. The highest BCUT2D eigenvalue weighted by atomic mass is 16.3. The highest BCUT2D eigenvalue weighted by Crippen LogP contribution is 2.19. The smallest absolute Gasteiger partial charge is 0.118 e. The minimum Gasteiger partial charge on any atom is -0.508 e. The van der Waals surface area contributed by atoms with Crippen molar-refractivity contribution < 1.29 is 15.3 Å². The van der Waals surface area contributed by atoms with Gasteiger partial charge >= 0.3 is 0 Å². The molecule has 1 aromatic carbocycles. The molecule has 3 atom stereocenters. The van der Waals surface area contributed by atoms with Gasteiger partial charge in [-0.1, -0.05) is 101 Å². The van der Waals surface area contributed by atoms with Crippen LogP contribution in [0, 0.1) is 0 Å². The van der Waals surface area contributed by atoms with Gasteiger partial charge < -0.3 is 21.1 Å². The molecule has 5 N–H and O–H groups in total. The van der Waals surface area contributed by atoms with Crippen LogP contribution < -0.4 is 5.73 Å². The number of hydrogen-bond donors (Lipinski definition) is 4. The van der Waals surface area contributed by atoms with E-state index in [1.165, 1.54) is 64.2 Å². The number of aliphatic hydroxyl groups excluding tert-OH is 2. The van der Waals surface area contributed by atoms with Crippen LogP contribution in [0.25, 0.3) is 0 Å². The molecule has 0 aliphatic rings. The number of rotatable bonds is 17. The lowest BCUT2D eigenvalue weighted by Gasteiger charge is -2.22. The highest BCUT2D eigenvalue weighted by Gasteiger charge is 2.22. The molecule has 0 saturated carbocycles. The SMILES string of the molecule is CCCCCCCCCCCCC/C=C/[C@@H](O)[C@@H](N)C(O)Cc1ccccc1O. The molecule has 29 heavy (non-hydrogen) atoms. The Morgan fingerprint density at radius 2 is 1.41 bits per heavy atom. The lowest BCUT2D eigenvalue weighted by Crippen LogP contribution is -2.44. The van der Waals surface area contributed by atoms with Crippen LogP contribution in [0.1, 0.15) is 89.5 Å². The molecular formula is C25H43NO3. The second-order valence-corrected chi connectivity index (χ2v) is 8.22. The highest BCUT2D eigenvalue weighted by molar-refractivity contribution is 5.32. The van der Waals surface area contributed by atoms with E-state index in [1.807, 2.05) is 6.08 Å². The zero-order chi connectivity index (χ0) is 21.3. The number of unbranched alkanes of at least 4 members (excludes halogenated alkanes) is 11. The lowest BCUT2D eigenvalue weighted by molar-refractivity contribution is 0.0783. The number of aromatic hydroxyl groups is 1. The van der Waals surface area contributed by atoms with E-state index < -0.39 is 18.2 Å².